The lowest BCUT2D eigenvalue weighted by molar-refractivity contribution is 0.256. The van der Waals surface area contributed by atoms with Gasteiger partial charge in [-0.25, -0.2) is 0 Å². The molecule has 0 atom stereocenters. The molecule has 0 saturated carbocycles. The number of phenols is 1. The minimum Gasteiger partial charge on any atom is -0.504 e. The van der Waals surface area contributed by atoms with Gasteiger partial charge in [-0.2, -0.15) is 0 Å². The van der Waals surface area contributed by atoms with Crippen LogP contribution in [0.15, 0.2) is 60.7 Å². The Balaban J connectivity index is 1.68. The first kappa shape index (κ1) is 18.9. The van der Waals surface area contributed by atoms with Crippen LogP contribution in [0.3, 0.4) is 0 Å². The lowest BCUT2D eigenvalue weighted by Crippen LogP contribution is -2.32. The summed E-state index contributed by atoms with van der Waals surface area (Å²) < 4.78 is 5.44. The molecule has 3 aromatic carbocycles. The van der Waals surface area contributed by atoms with E-state index in [1.54, 1.807) is 7.11 Å². The number of rotatable bonds is 5. The van der Waals surface area contributed by atoms with Crippen molar-refractivity contribution in [3.63, 3.8) is 0 Å². The van der Waals surface area contributed by atoms with Gasteiger partial charge >= 0.3 is 0 Å². The predicted molar refractivity (Wildman–Crippen MR) is 114 cm³/mol. The number of hydrogen-bond acceptors (Lipinski definition) is 3. The van der Waals surface area contributed by atoms with Crippen LogP contribution in [0, 0.1) is 0 Å². The molecule has 144 valence electrons. The molecule has 0 aromatic heterocycles. The zero-order chi connectivity index (χ0) is 19.5. The van der Waals surface area contributed by atoms with Crippen molar-refractivity contribution in [2.45, 2.75) is 19.4 Å². The van der Waals surface area contributed by atoms with Crippen LogP contribution in [0.25, 0.3) is 11.1 Å². The Hall–Kier alpha value is -2.49. The lowest BCUT2D eigenvalue weighted by Gasteiger charge is -2.31. The average Bonchev–Trinajstić information content (AvgIpc) is 2.73. The monoisotopic (exact) mass is 393 g/mol. The SMILES string of the molecule is COc1cc2c(c(-c3ccccc3Cl)c1O)CN(CCc1ccccc1)CC2. The summed E-state index contributed by atoms with van der Waals surface area (Å²) in [6.45, 7) is 2.77. The Morgan fingerprint density at radius 1 is 1.07 bits per heavy atom. The number of fused-ring (bicyclic) bond motifs is 1. The molecule has 28 heavy (non-hydrogen) atoms. The maximum absolute atomic E-state index is 10.9. The van der Waals surface area contributed by atoms with Gasteiger partial charge in [-0.3, -0.25) is 4.90 Å². The van der Waals surface area contributed by atoms with E-state index in [0.717, 1.165) is 49.2 Å². The highest BCUT2D eigenvalue weighted by Crippen LogP contribution is 2.45. The third kappa shape index (κ3) is 3.73. The first-order chi connectivity index (χ1) is 13.7. The molecule has 4 heteroatoms. The second kappa shape index (κ2) is 8.26. The number of aromatic hydroxyl groups is 1. The Morgan fingerprint density at radius 3 is 2.57 bits per heavy atom. The molecule has 1 aliphatic rings. The van der Waals surface area contributed by atoms with E-state index >= 15 is 0 Å². The fraction of sp³-hybridized carbons (Fsp3) is 0.250. The van der Waals surface area contributed by atoms with Crippen molar-refractivity contribution in [3.05, 3.63) is 82.4 Å². The minimum absolute atomic E-state index is 0.166. The van der Waals surface area contributed by atoms with E-state index in [1.807, 2.05) is 36.4 Å². The van der Waals surface area contributed by atoms with Crippen LogP contribution in [0.1, 0.15) is 16.7 Å². The number of benzene rings is 3. The molecule has 4 rings (SSSR count). The second-order valence-electron chi connectivity index (χ2n) is 7.18. The van der Waals surface area contributed by atoms with Gasteiger partial charge in [0.25, 0.3) is 0 Å². The first-order valence-electron chi connectivity index (χ1n) is 9.60. The third-order valence-electron chi connectivity index (χ3n) is 5.47. The number of hydrogen-bond donors (Lipinski definition) is 1. The van der Waals surface area contributed by atoms with Crippen molar-refractivity contribution in [1.82, 2.24) is 4.90 Å². The zero-order valence-electron chi connectivity index (χ0n) is 16.0. The fourth-order valence-corrected chi connectivity index (χ4v) is 4.19. The first-order valence-corrected chi connectivity index (χ1v) is 9.98. The Labute approximate surface area is 171 Å². The molecule has 0 unspecified atom stereocenters. The van der Waals surface area contributed by atoms with Crippen molar-refractivity contribution >= 4 is 11.6 Å². The Morgan fingerprint density at radius 2 is 1.82 bits per heavy atom. The summed E-state index contributed by atoms with van der Waals surface area (Å²) >= 11 is 6.48. The third-order valence-corrected chi connectivity index (χ3v) is 5.80. The Bertz CT molecular complexity index is 972. The summed E-state index contributed by atoms with van der Waals surface area (Å²) in [5.41, 5.74) is 5.36. The standard InChI is InChI=1S/C24H24ClNO2/c1-28-22-15-18-12-14-26(13-11-17-7-3-2-4-8-17)16-20(18)23(24(22)27)19-9-5-6-10-21(19)25/h2-10,15,27H,11-14,16H2,1H3. The van der Waals surface area contributed by atoms with Gasteiger partial charge in [0.05, 0.1) is 7.11 Å². The van der Waals surface area contributed by atoms with Gasteiger partial charge in [-0.1, -0.05) is 60.1 Å². The molecule has 0 aliphatic carbocycles. The Kier molecular flexibility index (Phi) is 5.56. The molecule has 0 spiro atoms. The highest BCUT2D eigenvalue weighted by molar-refractivity contribution is 6.33. The maximum atomic E-state index is 10.9. The van der Waals surface area contributed by atoms with Crippen LogP contribution in [0.4, 0.5) is 0 Å². The topological polar surface area (TPSA) is 32.7 Å². The van der Waals surface area contributed by atoms with Crippen molar-refractivity contribution in [2.75, 3.05) is 20.2 Å². The van der Waals surface area contributed by atoms with Crippen molar-refractivity contribution < 1.29 is 9.84 Å². The number of ether oxygens (including phenoxy) is 1. The highest BCUT2D eigenvalue weighted by atomic mass is 35.5. The largest absolute Gasteiger partial charge is 0.504 e. The van der Waals surface area contributed by atoms with Gasteiger partial charge in [0.15, 0.2) is 11.5 Å². The summed E-state index contributed by atoms with van der Waals surface area (Å²) in [6.07, 6.45) is 1.94. The van der Waals surface area contributed by atoms with E-state index in [9.17, 15) is 5.11 Å². The van der Waals surface area contributed by atoms with Crippen LogP contribution in [-0.4, -0.2) is 30.2 Å². The molecular weight excluding hydrogens is 370 g/mol. The smallest absolute Gasteiger partial charge is 0.166 e. The fourth-order valence-electron chi connectivity index (χ4n) is 3.96. The molecular formula is C24H24ClNO2. The van der Waals surface area contributed by atoms with Crippen molar-refractivity contribution in [2.24, 2.45) is 0 Å². The zero-order valence-corrected chi connectivity index (χ0v) is 16.7. The van der Waals surface area contributed by atoms with E-state index < -0.39 is 0 Å². The highest BCUT2D eigenvalue weighted by Gasteiger charge is 2.25. The normalized spacial score (nSPS) is 13.9. The van der Waals surface area contributed by atoms with E-state index in [4.69, 9.17) is 16.3 Å². The number of methoxy groups -OCH3 is 1. The van der Waals surface area contributed by atoms with E-state index in [0.29, 0.717) is 10.8 Å². The molecule has 1 aliphatic heterocycles. The lowest BCUT2D eigenvalue weighted by atomic mass is 9.89. The van der Waals surface area contributed by atoms with Gasteiger partial charge in [0, 0.05) is 35.8 Å². The van der Waals surface area contributed by atoms with Crippen LogP contribution >= 0.6 is 11.6 Å². The van der Waals surface area contributed by atoms with Crippen LogP contribution in [0.2, 0.25) is 5.02 Å². The van der Waals surface area contributed by atoms with Gasteiger partial charge in [-0.15, -0.1) is 0 Å². The molecule has 0 radical (unpaired) electrons. The van der Waals surface area contributed by atoms with Gasteiger partial charge in [0.1, 0.15) is 0 Å². The number of phenolic OH excluding ortho intramolecular Hbond substituents is 1. The van der Waals surface area contributed by atoms with Crippen molar-refractivity contribution in [1.29, 1.82) is 0 Å². The molecule has 1 heterocycles. The summed E-state index contributed by atoms with van der Waals surface area (Å²) in [6, 6.07) is 20.2. The van der Waals surface area contributed by atoms with E-state index in [-0.39, 0.29) is 5.75 Å². The summed E-state index contributed by atoms with van der Waals surface area (Å²) in [7, 11) is 1.59. The van der Waals surface area contributed by atoms with E-state index in [2.05, 4.69) is 29.2 Å². The summed E-state index contributed by atoms with van der Waals surface area (Å²) in [4.78, 5) is 2.45. The number of halogens is 1. The molecule has 0 amide bonds. The van der Waals surface area contributed by atoms with Crippen LogP contribution < -0.4 is 4.74 Å². The second-order valence-corrected chi connectivity index (χ2v) is 7.59. The quantitative estimate of drug-likeness (QED) is 0.636. The summed E-state index contributed by atoms with van der Waals surface area (Å²) in [5.74, 6) is 0.672. The minimum atomic E-state index is 0.166. The molecule has 0 bridgehead atoms. The maximum Gasteiger partial charge on any atom is 0.166 e. The molecule has 0 saturated heterocycles. The van der Waals surface area contributed by atoms with Gasteiger partial charge in [0.2, 0.25) is 0 Å². The number of nitrogens with zero attached hydrogens (tertiary/aromatic N) is 1. The molecule has 3 nitrogen and oxygen atoms in total. The van der Waals surface area contributed by atoms with Crippen molar-refractivity contribution in [3.8, 4) is 22.6 Å². The molecule has 1 N–H and O–H groups in total. The van der Waals surface area contributed by atoms with Gasteiger partial charge < -0.3 is 9.84 Å². The molecule has 3 aromatic rings. The van der Waals surface area contributed by atoms with Gasteiger partial charge in [-0.05, 0) is 41.7 Å². The predicted octanol–water partition coefficient (Wildman–Crippen LogP) is 5.32. The average molecular weight is 394 g/mol. The van der Waals surface area contributed by atoms with Crippen LogP contribution in [-0.2, 0) is 19.4 Å². The van der Waals surface area contributed by atoms with Crippen LogP contribution in [0.5, 0.6) is 11.5 Å². The molecule has 0 fully saturated rings. The van der Waals surface area contributed by atoms with E-state index in [1.165, 1.54) is 11.1 Å². The summed E-state index contributed by atoms with van der Waals surface area (Å²) in [5, 5.41) is 11.5.